The summed E-state index contributed by atoms with van der Waals surface area (Å²) >= 11 is 0. The molecule has 2 bridgehead atoms. The first-order chi connectivity index (χ1) is 10.7. The summed E-state index contributed by atoms with van der Waals surface area (Å²) in [6.45, 7) is 2.02. The second-order valence-electron chi connectivity index (χ2n) is 6.95. The summed E-state index contributed by atoms with van der Waals surface area (Å²) in [5, 5.41) is 10.9. The third-order valence-corrected chi connectivity index (χ3v) is 6.13. The second kappa shape index (κ2) is 4.37. The van der Waals surface area contributed by atoms with Gasteiger partial charge < -0.3 is 19.3 Å². The standard InChI is InChI=1S/C17H21NO4/c1-20-11-2-3-17-12-6-14-13(21-9-22-14)4-10(12)7-18(8-16(17)19)15(17)5-11/h2-3,11,15-16,19H,4-9H2,1H3/t11?,15-,16-,17?/m1/s1. The van der Waals surface area contributed by atoms with Crippen LogP contribution in [0.25, 0.3) is 0 Å². The van der Waals surface area contributed by atoms with Gasteiger partial charge in [-0.15, -0.1) is 0 Å². The fourth-order valence-electron chi connectivity index (χ4n) is 5.08. The molecule has 5 atom stereocenters. The van der Waals surface area contributed by atoms with Crippen molar-refractivity contribution in [3.8, 4) is 0 Å². The zero-order valence-corrected chi connectivity index (χ0v) is 12.7. The third-order valence-electron chi connectivity index (χ3n) is 6.13. The van der Waals surface area contributed by atoms with Gasteiger partial charge in [-0.05, 0) is 17.6 Å². The molecule has 0 amide bonds. The molecule has 22 heavy (non-hydrogen) atoms. The number of allylic oxidation sites excluding steroid dienone is 2. The van der Waals surface area contributed by atoms with Crippen molar-refractivity contribution < 1.29 is 19.3 Å². The maximum Gasteiger partial charge on any atom is 0.230 e. The summed E-state index contributed by atoms with van der Waals surface area (Å²) < 4.78 is 16.8. The molecule has 1 N–H and O–H groups in total. The van der Waals surface area contributed by atoms with Gasteiger partial charge in [-0.1, -0.05) is 12.2 Å². The van der Waals surface area contributed by atoms with Gasteiger partial charge in [0.2, 0.25) is 6.79 Å². The first-order valence-electron chi connectivity index (χ1n) is 8.05. The van der Waals surface area contributed by atoms with Crippen molar-refractivity contribution in [1.29, 1.82) is 0 Å². The van der Waals surface area contributed by atoms with Crippen LogP contribution in [0.1, 0.15) is 19.3 Å². The maximum atomic E-state index is 10.9. The largest absolute Gasteiger partial charge is 0.458 e. The van der Waals surface area contributed by atoms with Crippen molar-refractivity contribution in [1.82, 2.24) is 4.90 Å². The summed E-state index contributed by atoms with van der Waals surface area (Å²) in [6, 6.07) is 0.334. The van der Waals surface area contributed by atoms with Crippen molar-refractivity contribution in [3.63, 3.8) is 0 Å². The minimum Gasteiger partial charge on any atom is -0.458 e. The normalized spacial score (nSPS) is 45.2. The van der Waals surface area contributed by atoms with E-state index in [0.717, 1.165) is 43.9 Å². The summed E-state index contributed by atoms with van der Waals surface area (Å²) in [4.78, 5) is 2.43. The zero-order chi connectivity index (χ0) is 14.9. The molecule has 5 rings (SSSR count). The number of ether oxygens (including phenoxy) is 3. The van der Waals surface area contributed by atoms with Crippen LogP contribution in [0.15, 0.2) is 34.8 Å². The van der Waals surface area contributed by atoms with Crippen LogP contribution in [0, 0.1) is 5.41 Å². The van der Waals surface area contributed by atoms with E-state index in [1.807, 2.05) is 0 Å². The molecule has 118 valence electrons. The van der Waals surface area contributed by atoms with Crippen LogP contribution >= 0.6 is 0 Å². The van der Waals surface area contributed by atoms with E-state index in [2.05, 4.69) is 17.1 Å². The van der Waals surface area contributed by atoms with E-state index in [9.17, 15) is 5.11 Å². The summed E-state index contributed by atoms with van der Waals surface area (Å²) in [5.41, 5.74) is 2.53. The van der Waals surface area contributed by atoms with Crippen LogP contribution in [-0.2, 0) is 14.2 Å². The van der Waals surface area contributed by atoms with Crippen molar-refractivity contribution >= 4 is 0 Å². The lowest BCUT2D eigenvalue weighted by Crippen LogP contribution is -2.51. The minimum absolute atomic E-state index is 0.150. The number of nitrogens with zero attached hydrogens (tertiary/aromatic N) is 1. The van der Waals surface area contributed by atoms with Gasteiger partial charge in [0.25, 0.3) is 0 Å². The molecule has 3 heterocycles. The fraction of sp³-hybridized carbons (Fsp3) is 0.647. The zero-order valence-electron chi connectivity index (χ0n) is 12.7. The Bertz CT molecular complexity index is 622. The second-order valence-corrected chi connectivity index (χ2v) is 6.95. The fourth-order valence-corrected chi connectivity index (χ4v) is 5.08. The van der Waals surface area contributed by atoms with Crippen LogP contribution < -0.4 is 0 Å². The van der Waals surface area contributed by atoms with Crippen LogP contribution in [0.2, 0.25) is 0 Å². The lowest BCUT2D eigenvalue weighted by atomic mass is 9.63. The molecule has 0 radical (unpaired) electrons. The highest BCUT2D eigenvalue weighted by atomic mass is 16.7. The summed E-state index contributed by atoms with van der Waals surface area (Å²) in [6.07, 6.45) is 6.73. The highest BCUT2D eigenvalue weighted by molar-refractivity contribution is 5.46. The van der Waals surface area contributed by atoms with Gasteiger partial charge in [0, 0.05) is 39.1 Å². The molecule has 1 fully saturated rings. The van der Waals surface area contributed by atoms with Gasteiger partial charge in [0.15, 0.2) is 0 Å². The molecule has 3 aliphatic heterocycles. The molecule has 3 unspecified atom stereocenters. The summed E-state index contributed by atoms with van der Waals surface area (Å²) in [5.74, 6) is 1.97. The highest BCUT2D eigenvalue weighted by Gasteiger charge is 2.59. The molecule has 1 saturated heterocycles. The number of aliphatic hydroxyl groups is 1. The number of aliphatic hydroxyl groups excluding tert-OH is 1. The topological polar surface area (TPSA) is 51.2 Å². The van der Waals surface area contributed by atoms with Gasteiger partial charge >= 0.3 is 0 Å². The minimum atomic E-state index is -0.344. The lowest BCUT2D eigenvalue weighted by Gasteiger charge is -2.48. The quantitative estimate of drug-likeness (QED) is 0.740. The van der Waals surface area contributed by atoms with Gasteiger partial charge in [-0.3, -0.25) is 4.90 Å². The van der Waals surface area contributed by atoms with Crippen molar-refractivity contribution in [2.45, 2.75) is 37.5 Å². The number of hydrogen-bond donors (Lipinski definition) is 1. The predicted molar refractivity (Wildman–Crippen MR) is 78.7 cm³/mol. The van der Waals surface area contributed by atoms with E-state index in [1.165, 1.54) is 11.1 Å². The molecule has 0 aromatic rings. The third kappa shape index (κ3) is 1.49. The van der Waals surface area contributed by atoms with E-state index in [0.29, 0.717) is 12.8 Å². The molecule has 0 spiro atoms. The first kappa shape index (κ1) is 13.2. The highest BCUT2D eigenvalue weighted by Crippen LogP contribution is 2.57. The molecule has 0 aromatic carbocycles. The first-order valence-corrected chi connectivity index (χ1v) is 8.05. The Balaban J connectivity index is 1.61. The van der Waals surface area contributed by atoms with E-state index in [4.69, 9.17) is 14.2 Å². The Labute approximate surface area is 129 Å². The number of methoxy groups -OCH3 is 1. The predicted octanol–water partition coefficient (Wildman–Crippen LogP) is 1.31. The Morgan fingerprint density at radius 1 is 1.32 bits per heavy atom. The molecule has 2 aliphatic carbocycles. The Kier molecular flexibility index (Phi) is 2.62. The van der Waals surface area contributed by atoms with Crippen LogP contribution in [0.3, 0.4) is 0 Å². The van der Waals surface area contributed by atoms with Crippen LogP contribution in [-0.4, -0.2) is 55.2 Å². The molecule has 5 aliphatic rings. The van der Waals surface area contributed by atoms with E-state index >= 15 is 0 Å². The van der Waals surface area contributed by atoms with Crippen molar-refractivity contribution in [2.24, 2.45) is 5.41 Å². The van der Waals surface area contributed by atoms with E-state index in [-0.39, 0.29) is 17.6 Å². The van der Waals surface area contributed by atoms with Crippen molar-refractivity contribution in [2.75, 3.05) is 27.0 Å². The van der Waals surface area contributed by atoms with Gasteiger partial charge in [-0.2, -0.15) is 0 Å². The summed E-state index contributed by atoms with van der Waals surface area (Å²) in [7, 11) is 1.76. The smallest absolute Gasteiger partial charge is 0.230 e. The van der Waals surface area contributed by atoms with Gasteiger partial charge in [0.1, 0.15) is 11.5 Å². The van der Waals surface area contributed by atoms with E-state index < -0.39 is 0 Å². The number of hydrogen-bond acceptors (Lipinski definition) is 5. The maximum absolute atomic E-state index is 10.9. The monoisotopic (exact) mass is 303 g/mol. The van der Waals surface area contributed by atoms with Gasteiger partial charge in [-0.25, -0.2) is 0 Å². The molecule has 5 heteroatoms. The van der Waals surface area contributed by atoms with Gasteiger partial charge in [0.05, 0.1) is 17.6 Å². The average Bonchev–Trinajstić information content (AvgIpc) is 3.06. The number of rotatable bonds is 1. The average molecular weight is 303 g/mol. The van der Waals surface area contributed by atoms with Crippen molar-refractivity contribution in [3.05, 3.63) is 34.8 Å². The molecular weight excluding hydrogens is 282 g/mol. The Morgan fingerprint density at radius 3 is 2.95 bits per heavy atom. The Hall–Kier alpha value is -1.30. The van der Waals surface area contributed by atoms with E-state index in [1.54, 1.807) is 7.11 Å². The molecule has 0 saturated carbocycles. The Morgan fingerprint density at radius 2 is 2.14 bits per heavy atom. The molecule has 5 nitrogen and oxygen atoms in total. The van der Waals surface area contributed by atoms with Crippen LogP contribution in [0.4, 0.5) is 0 Å². The molecular formula is C17H21NO4. The lowest BCUT2D eigenvalue weighted by molar-refractivity contribution is 0.0506. The van der Waals surface area contributed by atoms with Crippen LogP contribution in [0.5, 0.6) is 0 Å². The SMILES string of the molecule is COC1C=CC23C4=C(CC5=C(C4)OCO5)CN(C[C@H]2O)[C@@H]3C1. The molecule has 0 aromatic heterocycles.